The molecule has 2 aliphatic carbocycles. The van der Waals surface area contributed by atoms with E-state index in [0.29, 0.717) is 0 Å². The van der Waals surface area contributed by atoms with Gasteiger partial charge in [0.2, 0.25) is 0 Å². The molecule has 0 spiro atoms. The van der Waals surface area contributed by atoms with Gasteiger partial charge in [-0.15, -0.1) is 0 Å². The lowest BCUT2D eigenvalue weighted by molar-refractivity contribution is 0.310. The number of hydrogen-bond donors (Lipinski definition) is 0. The van der Waals surface area contributed by atoms with E-state index in [1.165, 1.54) is 78.7 Å². The van der Waals surface area contributed by atoms with Gasteiger partial charge in [0.25, 0.3) is 0 Å². The third-order valence-corrected chi connectivity index (χ3v) is 8.80. The molecule has 0 fully saturated rings. The largest absolute Gasteiger partial charge is 0.494 e. The molecule has 146 valence electrons. The Morgan fingerprint density at radius 2 is 1.36 bits per heavy atom. The van der Waals surface area contributed by atoms with Crippen molar-refractivity contribution in [1.82, 2.24) is 0 Å². The lowest BCUT2D eigenvalue weighted by Crippen LogP contribution is -1.99. The fraction of sp³-hybridized carbons (Fsp3) is 0.440. The zero-order valence-electron chi connectivity index (χ0n) is 16.5. The zero-order valence-corrected chi connectivity index (χ0v) is 18.1. The maximum Gasteiger partial charge on any atom is 0.119 e. The van der Waals surface area contributed by atoms with E-state index in [0.717, 1.165) is 18.8 Å². The lowest BCUT2D eigenvalue weighted by atomic mass is 9.95. The monoisotopic (exact) mass is 408 g/mol. The van der Waals surface area contributed by atoms with Crippen LogP contribution in [0.3, 0.4) is 0 Å². The van der Waals surface area contributed by atoms with E-state index in [1.807, 2.05) is 21.6 Å². The maximum absolute atomic E-state index is 6.11. The van der Waals surface area contributed by atoms with Gasteiger partial charge in [-0.1, -0.05) is 45.9 Å². The van der Waals surface area contributed by atoms with Crippen LogP contribution in [0.5, 0.6) is 5.75 Å². The van der Waals surface area contributed by atoms with Crippen molar-refractivity contribution in [2.45, 2.75) is 51.4 Å². The second kappa shape index (κ2) is 8.59. The molecule has 4 bridgehead atoms. The van der Waals surface area contributed by atoms with E-state index in [9.17, 15) is 0 Å². The first-order chi connectivity index (χ1) is 13.9. The van der Waals surface area contributed by atoms with Gasteiger partial charge in [-0.2, -0.15) is 0 Å². The molecule has 0 unspecified atom stereocenters. The number of rotatable bonds is 0. The van der Waals surface area contributed by atoms with Gasteiger partial charge < -0.3 is 4.74 Å². The smallest absolute Gasteiger partial charge is 0.119 e. The van der Waals surface area contributed by atoms with Gasteiger partial charge in [-0.3, -0.25) is 0 Å². The van der Waals surface area contributed by atoms with E-state index in [1.54, 1.807) is 16.7 Å². The van der Waals surface area contributed by atoms with Crippen LogP contribution in [0, 0.1) is 0 Å². The molecule has 0 saturated heterocycles. The number of hydrogen-bond acceptors (Lipinski definition) is 3. The molecule has 5 rings (SSSR count). The summed E-state index contributed by atoms with van der Waals surface area (Å²) in [5, 5.41) is 0. The van der Waals surface area contributed by atoms with Crippen molar-refractivity contribution < 1.29 is 4.74 Å². The summed E-state index contributed by atoms with van der Waals surface area (Å²) >= 11 is 0. The van der Waals surface area contributed by atoms with Gasteiger partial charge in [0.1, 0.15) is 5.75 Å². The number of aryl methyl sites for hydroxylation is 3. The van der Waals surface area contributed by atoms with Crippen molar-refractivity contribution in [2.75, 3.05) is 18.1 Å². The highest BCUT2D eigenvalue weighted by molar-refractivity contribution is 8.76. The fourth-order valence-electron chi connectivity index (χ4n) is 4.74. The van der Waals surface area contributed by atoms with Crippen LogP contribution in [-0.2, 0) is 19.3 Å². The molecular weight excluding hydrogens is 380 g/mol. The van der Waals surface area contributed by atoms with Crippen LogP contribution in [0.1, 0.15) is 59.9 Å². The third kappa shape index (κ3) is 3.89. The molecule has 3 heteroatoms. The topological polar surface area (TPSA) is 9.23 Å². The highest BCUT2D eigenvalue weighted by Gasteiger charge is 2.25. The van der Waals surface area contributed by atoms with Crippen molar-refractivity contribution in [2.24, 2.45) is 0 Å². The van der Waals surface area contributed by atoms with E-state index in [4.69, 9.17) is 4.74 Å². The highest BCUT2D eigenvalue weighted by atomic mass is 33.1. The van der Waals surface area contributed by atoms with Crippen molar-refractivity contribution in [3.8, 4) is 5.75 Å². The normalized spacial score (nSPS) is 22.4. The summed E-state index contributed by atoms with van der Waals surface area (Å²) < 4.78 is 6.11. The Morgan fingerprint density at radius 3 is 2.18 bits per heavy atom. The van der Waals surface area contributed by atoms with Crippen LogP contribution in [-0.4, -0.2) is 18.1 Å². The van der Waals surface area contributed by atoms with E-state index >= 15 is 0 Å². The molecule has 2 aromatic rings. The van der Waals surface area contributed by atoms with Crippen LogP contribution < -0.4 is 4.74 Å². The second-order valence-electron chi connectivity index (χ2n) is 8.07. The third-order valence-electron chi connectivity index (χ3n) is 6.23. The Morgan fingerprint density at radius 1 is 0.643 bits per heavy atom. The minimum absolute atomic E-state index is 0.835. The summed E-state index contributed by atoms with van der Waals surface area (Å²) in [6, 6.07) is 14.1. The average molecular weight is 409 g/mol. The first-order valence-corrected chi connectivity index (χ1v) is 13.2. The van der Waals surface area contributed by atoms with Gasteiger partial charge in [-0.25, -0.2) is 0 Å². The first kappa shape index (κ1) is 18.7. The zero-order chi connectivity index (χ0) is 18.8. The predicted octanol–water partition coefficient (Wildman–Crippen LogP) is 6.98. The van der Waals surface area contributed by atoms with Gasteiger partial charge in [0.05, 0.1) is 6.61 Å². The van der Waals surface area contributed by atoms with Gasteiger partial charge >= 0.3 is 0 Å². The van der Waals surface area contributed by atoms with E-state index < -0.39 is 0 Å². The van der Waals surface area contributed by atoms with Crippen LogP contribution >= 0.6 is 21.6 Å². The Bertz CT molecular complexity index is 826. The average Bonchev–Trinajstić information content (AvgIpc) is 3.31. The molecule has 0 amide bonds. The van der Waals surface area contributed by atoms with Crippen LogP contribution in [0.25, 0.3) is 11.1 Å². The van der Waals surface area contributed by atoms with Crippen molar-refractivity contribution in [3.63, 3.8) is 0 Å². The minimum atomic E-state index is 0.835. The molecule has 0 radical (unpaired) electrons. The number of benzene rings is 2. The molecule has 3 aliphatic rings. The van der Waals surface area contributed by atoms with Gasteiger partial charge in [0.15, 0.2) is 0 Å². The second-order valence-corrected chi connectivity index (χ2v) is 10.8. The SMILES string of the molecule is c1cc2c3cc1CCCSSCCCCOc1ccc4c(c1)/C(=C\3CC2)CC4. The molecule has 0 atom stereocenters. The number of allylic oxidation sites excluding steroid dienone is 2. The number of ether oxygens (including phenoxy) is 1. The quantitative estimate of drug-likeness (QED) is 0.435. The molecule has 28 heavy (non-hydrogen) atoms. The standard InChI is InChI=1S/C25H28OS2/c1-2-14-27-28-15-3-4-18-5-6-19-8-11-22(24(19)16-18)23-12-9-20-7-10-21(26-13-1)17-25(20)23/h5-7,10,16-17H,1-4,8-9,11-15H2/b23-22-. The predicted molar refractivity (Wildman–Crippen MR) is 124 cm³/mol. The molecule has 0 saturated carbocycles. The molecule has 1 heterocycles. The van der Waals surface area contributed by atoms with E-state index in [-0.39, 0.29) is 0 Å². The Labute approximate surface area is 176 Å². The summed E-state index contributed by atoms with van der Waals surface area (Å²) in [4.78, 5) is 0. The summed E-state index contributed by atoms with van der Waals surface area (Å²) in [6.45, 7) is 0.835. The Balaban J connectivity index is 1.52. The van der Waals surface area contributed by atoms with Crippen molar-refractivity contribution in [1.29, 1.82) is 0 Å². The van der Waals surface area contributed by atoms with Crippen molar-refractivity contribution >= 4 is 32.7 Å². The molecule has 2 aromatic carbocycles. The van der Waals surface area contributed by atoms with Crippen LogP contribution in [0.15, 0.2) is 36.4 Å². The summed E-state index contributed by atoms with van der Waals surface area (Å²) in [7, 11) is 4.07. The maximum atomic E-state index is 6.11. The van der Waals surface area contributed by atoms with Gasteiger partial charge in [-0.05, 0) is 102 Å². The summed E-state index contributed by atoms with van der Waals surface area (Å²) in [5.41, 5.74) is 10.8. The first-order valence-electron chi connectivity index (χ1n) is 10.7. The molecule has 1 nitrogen and oxygen atoms in total. The van der Waals surface area contributed by atoms with Crippen molar-refractivity contribution in [3.05, 3.63) is 64.2 Å². The van der Waals surface area contributed by atoms with Crippen LogP contribution in [0.4, 0.5) is 0 Å². The van der Waals surface area contributed by atoms with Crippen LogP contribution in [0.2, 0.25) is 0 Å². The highest BCUT2D eigenvalue weighted by Crippen LogP contribution is 2.45. The molecule has 1 aliphatic heterocycles. The molecular formula is C25H28OS2. The fourth-order valence-corrected chi connectivity index (χ4v) is 6.98. The summed E-state index contributed by atoms with van der Waals surface area (Å²) in [5.74, 6) is 3.53. The molecule has 0 aromatic heterocycles. The van der Waals surface area contributed by atoms with Gasteiger partial charge in [0, 0.05) is 11.5 Å². The minimum Gasteiger partial charge on any atom is -0.494 e. The van der Waals surface area contributed by atoms with E-state index in [2.05, 4.69) is 36.4 Å². The number of fused-ring (bicyclic) bond motifs is 2. The lowest BCUT2D eigenvalue weighted by Gasteiger charge is -2.12. The Hall–Kier alpha value is -1.32. The summed E-state index contributed by atoms with van der Waals surface area (Å²) in [6.07, 6.45) is 9.63. The Kier molecular flexibility index (Phi) is 5.73. The molecule has 0 N–H and O–H groups in total.